The lowest BCUT2D eigenvalue weighted by Gasteiger charge is -2.22. The van der Waals surface area contributed by atoms with Crippen LogP contribution in [0, 0.1) is 6.92 Å². The highest BCUT2D eigenvalue weighted by atomic mass is 15.3. The summed E-state index contributed by atoms with van der Waals surface area (Å²) in [6.45, 7) is 2.65. The lowest BCUT2D eigenvalue weighted by atomic mass is 10.4. The van der Waals surface area contributed by atoms with E-state index in [1.54, 1.807) is 0 Å². The van der Waals surface area contributed by atoms with Crippen molar-refractivity contribution in [3.05, 3.63) is 17.5 Å². The summed E-state index contributed by atoms with van der Waals surface area (Å²) < 4.78 is 1.88. The topological polar surface area (TPSA) is 36.7 Å². The number of nitrogens with zero attached hydrogens (tertiary/aromatic N) is 5. The lowest BCUT2D eigenvalue weighted by Crippen LogP contribution is -2.35. The van der Waals surface area contributed by atoms with Crippen molar-refractivity contribution in [3.8, 4) is 0 Å². The predicted molar refractivity (Wildman–Crippen MR) is 66.5 cm³/mol. The maximum atomic E-state index is 4.57. The zero-order chi connectivity index (χ0) is 12.3. The van der Waals surface area contributed by atoms with Gasteiger partial charge in [0.25, 0.3) is 0 Å². The van der Waals surface area contributed by atoms with Crippen LogP contribution in [-0.2, 0) is 13.6 Å². The Labute approximate surface area is 97.4 Å². The van der Waals surface area contributed by atoms with E-state index < -0.39 is 0 Å². The van der Waals surface area contributed by atoms with Crippen LogP contribution in [0.4, 0.5) is 0 Å². The number of aryl methyl sites for hydroxylation is 2. The van der Waals surface area contributed by atoms with Crippen molar-refractivity contribution in [1.29, 1.82) is 0 Å². The molecule has 1 aromatic rings. The third kappa shape index (κ3) is 2.98. The largest absolute Gasteiger partial charge is 0.349 e. The van der Waals surface area contributed by atoms with E-state index in [0.29, 0.717) is 6.54 Å². The first-order chi connectivity index (χ1) is 7.41. The quantitative estimate of drug-likeness (QED) is 0.547. The Morgan fingerprint density at radius 1 is 1.31 bits per heavy atom. The van der Waals surface area contributed by atoms with Gasteiger partial charge >= 0.3 is 0 Å². The Balaban J connectivity index is 2.81. The lowest BCUT2D eigenvalue weighted by molar-refractivity contribution is 0.478. The molecule has 1 heterocycles. The van der Waals surface area contributed by atoms with Gasteiger partial charge in [0.15, 0.2) is 5.96 Å². The molecule has 0 unspecified atom stereocenters. The van der Waals surface area contributed by atoms with Crippen LogP contribution in [0.2, 0.25) is 0 Å². The Morgan fingerprint density at radius 3 is 2.25 bits per heavy atom. The smallest absolute Gasteiger partial charge is 0.195 e. The van der Waals surface area contributed by atoms with Crippen LogP contribution in [-0.4, -0.2) is 53.7 Å². The van der Waals surface area contributed by atoms with E-state index in [0.717, 1.165) is 17.3 Å². The summed E-state index contributed by atoms with van der Waals surface area (Å²) in [5.41, 5.74) is 2.16. The molecule has 0 atom stereocenters. The summed E-state index contributed by atoms with van der Waals surface area (Å²) >= 11 is 0. The van der Waals surface area contributed by atoms with Gasteiger partial charge in [-0.1, -0.05) is 0 Å². The van der Waals surface area contributed by atoms with Crippen LogP contribution in [0.3, 0.4) is 0 Å². The molecule has 0 N–H and O–H groups in total. The number of aromatic nitrogens is 2. The SMILES string of the molecule is Cc1cc(CN=C(N(C)C)N(C)C)n(C)n1. The van der Waals surface area contributed by atoms with Gasteiger partial charge in [-0.05, 0) is 13.0 Å². The Hall–Kier alpha value is -1.52. The Bertz CT molecular complexity index is 366. The molecule has 5 heteroatoms. The highest BCUT2D eigenvalue weighted by molar-refractivity contribution is 5.79. The molecular formula is C11H21N5. The molecule has 0 bridgehead atoms. The summed E-state index contributed by atoms with van der Waals surface area (Å²) in [6.07, 6.45) is 0. The van der Waals surface area contributed by atoms with Gasteiger partial charge < -0.3 is 9.80 Å². The first kappa shape index (κ1) is 12.5. The van der Waals surface area contributed by atoms with Crippen molar-refractivity contribution in [1.82, 2.24) is 19.6 Å². The standard InChI is InChI=1S/C11H21N5/c1-9-7-10(16(6)13-9)8-12-11(14(2)3)15(4)5/h7H,8H2,1-6H3. The van der Waals surface area contributed by atoms with E-state index in [9.17, 15) is 0 Å². The molecule has 5 nitrogen and oxygen atoms in total. The molecular weight excluding hydrogens is 202 g/mol. The van der Waals surface area contributed by atoms with Gasteiger partial charge in [-0.15, -0.1) is 0 Å². The third-order valence-electron chi connectivity index (χ3n) is 2.28. The van der Waals surface area contributed by atoms with E-state index in [1.807, 2.05) is 56.6 Å². The zero-order valence-electron chi connectivity index (χ0n) is 11.0. The van der Waals surface area contributed by atoms with Crippen molar-refractivity contribution in [2.24, 2.45) is 12.0 Å². The Morgan fingerprint density at radius 2 is 1.88 bits per heavy atom. The number of rotatable bonds is 2. The number of hydrogen-bond acceptors (Lipinski definition) is 2. The highest BCUT2D eigenvalue weighted by Crippen LogP contribution is 2.04. The normalized spacial score (nSPS) is 10.1. The molecule has 0 saturated carbocycles. The second-order valence-electron chi connectivity index (χ2n) is 4.31. The van der Waals surface area contributed by atoms with Gasteiger partial charge in [0.2, 0.25) is 0 Å². The highest BCUT2D eigenvalue weighted by Gasteiger charge is 2.05. The van der Waals surface area contributed by atoms with Crippen LogP contribution in [0.1, 0.15) is 11.4 Å². The number of guanidine groups is 1. The molecule has 0 amide bonds. The van der Waals surface area contributed by atoms with Gasteiger partial charge in [-0.2, -0.15) is 5.10 Å². The molecule has 0 aliphatic carbocycles. The minimum atomic E-state index is 0.656. The van der Waals surface area contributed by atoms with Crippen molar-refractivity contribution in [3.63, 3.8) is 0 Å². The number of aliphatic imine (C=N–C) groups is 1. The summed E-state index contributed by atoms with van der Waals surface area (Å²) in [6, 6.07) is 2.06. The average Bonchev–Trinajstić information content (AvgIpc) is 2.44. The maximum absolute atomic E-state index is 4.57. The molecule has 16 heavy (non-hydrogen) atoms. The fraction of sp³-hybridized carbons (Fsp3) is 0.636. The fourth-order valence-electron chi connectivity index (χ4n) is 1.65. The van der Waals surface area contributed by atoms with E-state index in [-0.39, 0.29) is 0 Å². The summed E-state index contributed by atoms with van der Waals surface area (Å²) in [7, 11) is 9.92. The van der Waals surface area contributed by atoms with Gasteiger partial charge in [0, 0.05) is 35.2 Å². The van der Waals surface area contributed by atoms with Gasteiger partial charge in [-0.25, -0.2) is 4.99 Å². The molecule has 0 aromatic carbocycles. The fourth-order valence-corrected chi connectivity index (χ4v) is 1.65. The van der Waals surface area contributed by atoms with E-state index in [1.165, 1.54) is 0 Å². The maximum Gasteiger partial charge on any atom is 0.195 e. The van der Waals surface area contributed by atoms with Gasteiger partial charge in [0.1, 0.15) is 0 Å². The van der Waals surface area contributed by atoms with Crippen LogP contribution < -0.4 is 0 Å². The molecule has 1 aromatic heterocycles. The van der Waals surface area contributed by atoms with Gasteiger partial charge in [0.05, 0.1) is 17.9 Å². The molecule has 0 aliphatic heterocycles. The zero-order valence-corrected chi connectivity index (χ0v) is 11.0. The van der Waals surface area contributed by atoms with Crippen molar-refractivity contribution >= 4 is 5.96 Å². The van der Waals surface area contributed by atoms with E-state index in [4.69, 9.17) is 0 Å². The first-order valence-electron chi connectivity index (χ1n) is 5.30. The predicted octanol–water partition coefficient (Wildman–Crippen LogP) is 0.708. The number of hydrogen-bond donors (Lipinski definition) is 0. The molecule has 90 valence electrons. The van der Waals surface area contributed by atoms with Crippen LogP contribution >= 0.6 is 0 Å². The summed E-state index contributed by atoms with van der Waals surface area (Å²) in [4.78, 5) is 8.58. The minimum Gasteiger partial charge on any atom is -0.349 e. The summed E-state index contributed by atoms with van der Waals surface area (Å²) in [5, 5.41) is 4.30. The summed E-state index contributed by atoms with van der Waals surface area (Å²) in [5.74, 6) is 0.957. The Kier molecular flexibility index (Phi) is 3.93. The van der Waals surface area contributed by atoms with Crippen LogP contribution in [0.5, 0.6) is 0 Å². The monoisotopic (exact) mass is 223 g/mol. The first-order valence-corrected chi connectivity index (χ1v) is 5.30. The average molecular weight is 223 g/mol. The molecule has 0 aliphatic rings. The van der Waals surface area contributed by atoms with Crippen LogP contribution in [0.25, 0.3) is 0 Å². The van der Waals surface area contributed by atoms with Crippen molar-refractivity contribution < 1.29 is 0 Å². The van der Waals surface area contributed by atoms with Crippen molar-refractivity contribution in [2.75, 3.05) is 28.2 Å². The van der Waals surface area contributed by atoms with Crippen LogP contribution in [0.15, 0.2) is 11.1 Å². The van der Waals surface area contributed by atoms with Gasteiger partial charge in [-0.3, -0.25) is 4.68 Å². The molecule has 0 fully saturated rings. The minimum absolute atomic E-state index is 0.656. The molecule has 1 rings (SSSR count). The third-order valence-corrected chi connectivity index (χ3v) is 2.28. The van der Waals surface area contributed by atoms with E-state index >= 15 is 0 Å². The van der Waals surface area contributed by atoms with E-state index in [2.05, 4.69) is 16.2 Å². The molecule has 0 radical (unpaired) electrons. The molecule has 0 spiro atoms. The van der Waals surface area contributed by atoms with Crippen molar-refractivity contribution in [2.45, 2.75) is 13.5 Å². The molecule has 0 saturated heterocycles. The second kappa shape index (κ2) is 5.01. The second-order valence-corrected chi connectivity index (χ2v) is 4.31.